The monoisotopic (exact) mass is 412 g/mol. The number of hydrogen-bond donors (Lipinski definition) is 3. The standard InChI is InChI=1S/C16H15F3N6O4/c17-16(18,19)11-4-21-5-13(25-11)24-9-6-29-10(15(27)14(9)26)7-28-8-2-22-12(1-20)23-3-8/h2-5,9-10,14-15,26-27H,6-7H2,(H,24,25)/t9-,10+,14+,15-/m0/s1. The molecule has 0 unspecified atom stereocenters. The molecule has 0 aromatic carbocycles. The van der Waals surface area contributed by atoms with Crippen molar-refractivity contribution in [2.24, 2.45) is 0 Å². The Balaban J connectivity index is 1.57. The summed E-state index contributed by atoms with van der Waals surface area (Å²) in [6, 6.07) is 0.835. The first-order chi connectivity index (χ1) is 13.8. The third kappa shape index (κ3) is 5.05. The van der Waals surface area contributed by atoms with Crippen molar-refractivity contribution in [3.63, 3.8) is 0 Å². The summed E-state index contributed by atoms with van der Waals surface area (Å²) in [6.45, 7) is -0.280. The molecule has 1 fully saturated rings. The zero-order valence-electron chi connectivity index (χ0n) is 14.6. The van der Waals surface area contributed by atoms with E-state index in [2.05, 4.69) is 25.3 Å². The number of nitriles is 1. The lowest BCUT2D eigenvalue weighted by molar-refractivity contribution is -0.150. The maximum absolute atomic E-state index is 12.7. The first-order valence-electron chi connectivity index (χ1n) is 8.26. The number of alkyl halides is 3. The van der Waals surface area contributed by atoms with Crippen LogP contribution in [0.3, 0.4) is 0 Å². The molecule has 0 radical (unpaired) electrons. The van der Waals surface area contributed by atoms with E-state index in [1.165, 1.54) is 12.4 Å². The molecular weight excluding hydrogens is 397 g/mol. The summed E-state index contributed by atoms with van der Waals surface area (Å²) in [5.41, 5.74) is -1.19. The summed E-state index contributed by atoms with van der Waals surface area (Å²) < 4.78 is 49.0. The maximum Gasteiger partial charge on any atom is 0.434 e. The van der Waals surface area contributed by atoms with Gasteiger partial charge < -0.3 is 25.0 Å². The molecule has 0 spiro atoms. The lowest BCUT2D eigenvalue weighted by Crippen LogP contribution is -2.57. The van der Waals surface area contributed by atoms with E-state index < -0.39 is 36.2 Å². The van der Waals surface area contributed by atoms with Crippen LogP contribution < -0.4 is 10.1 Å². The van der Waals surface area contributed by atoms with Crippen LogP contribution in [0.25, 0.3) is 0 Å². The minimum Gasteiger partial charge on any atom is -0.488 e. The van der Waals surface area contributed by atoms with Crippen LogP contribution in [0, 0.1) is 11.3 Å². The van der Waals surface area contributed by atoms with Gasteiger partial charge in [0.05, 0.1) is 37.4 Å². The highest BCUT2D eigenvalue weighted by Gasteiger charge is 2.39. The molecule has 3 N–H and O–H groups in total. The Morgan fingerprint density at radius 3 is 2.59 bits per heavy atom. The Hall–Kier alpha value is -3.08. The van der Waals surface area contributed by atoms with Crippen molar-refractivity contribution in [3.8, 4) is 11.8 Å². The van der Waals surface area contributed by atoms with Gasteiger partial charge in [0.15, 0.2) is 11.4 Å². The molecule has 29 heavy (non-hydrogen) atoms. The molecule has 0 aliphatic carbocycles. The van der Waals surface area contributed by atoms with Gasteiger partial charge in [-0.3, -0.25) is 4.98 Å². The number of anilines is 1. The maximum atomic E-state index is 12.7. The lowest BCUT2D eigenvalue weighted by Gasteiger charge is -2.37. The summed E-state index contributed by atoms with van der Waals surface area (Å²) >= 11 is 0. The number of halogens is 3. The Morgan fingerprint density at radius 1 is 1.21 bits per heavy atom. The van der Waals surface area contributed by atoms with Crippen LogP contribution in [0.1, 0.15) is 11.5 Å². The highest BCUT2D eigenvalue weighted by molar-refractivity contribution is 5.34. The van der Waals surface area contributed by atoms with E-state index in [1.54, 1.807) is 6.07 Å². The summed E-state index contributed by atoms with van der Waals surface area (Å²) in [6.07, 6.45) is -4.15. The summed E-state index contributed by atoms with van der Waals surface area (Å²) in [7, 11) is 0. The minimum absolute atomic E-state index is 0.0340. The molecule has 13 heteroatoms. The van der Waals surface area contributed by atoms with E-state index in [-0.39, 0.29) is 30.6 Å². The molecule has 0 amide bonds. The summed E-state index contributed by atoms with van der Waals surface area (Å²) in [5.74, 6) is -0.0220. The largest absolute Gasteiger partial charge is 0.488 e. The van der Waals surface area contributed by atoms with Crippen LogP contribution in [0.5, 0.6) is 5.75 Å². The average molecular weight is 412 g/mol. The Morgan fingerprint density at radius 2 is 1.93 bits per heavy atom. The Kier molecular flexibility index (Phi) is 6.06. The second-order valence-corrected chi connectivity index (χ2v) is 6.06. The van der Waals surface area contributed by atoms with Crippen LogP contribution in [0.4, 0.5) is 19.0 Å². The van der Waals surface area contributed by atoms with E-state index in [4.69, 9.17) is 14.7 Å². The molecule has 154 valence electrons. The molecule has 1 aliphatic heterocycles. The van der Waals surface area contributed by atoms with Crippen molar-refractivity contribution in [2.75, 3.05) is 18.5 Å². The molecule has 1 aliphatic rings. The molecule has 3 heterocycles. The van der Waals surface area contributed by atoms with Crippen molar-refractivity contribution in [3.05, 3.63) is 36.3 Å². The van der Waals surface area contributed by atoms with Gasteiger partial charge in [-0.25, -0.2) is 15.0 Å². The van der Waals surface area contributed by atoms with E-state index >= 15 is 0 Å². The second kappa shape index (κ2) is 8.52. The molecule has 0 bridgehead atoms. The minimum atomic E-state index is -4.66. The molecule has 4 atom stereocenters. The molecule has 10 nitrogen and oxygen atoms in total. The number of rotatable bonds is 5. The fourth-order valence-electron chi connectivity index (χ4n) is 2.54. The number of ether oxygens (including phenoxy) is 2. The van der Waals surface area contributed by atoms with Crippen LogP contribution in [0.2, 0.25) is 0 Å². The molecular formula is C16H15F3N6O4. The zero-order chi connectivity index (χ0) is 21.0. The second-order valence-electron chi connectivity index (χ2n) is 6.06. The first kappa shape index (κ1) is 20.6. The highest BCUT2D eigenvalue weighted by atomic mass is 19.4. The van der Waals surface area contributed by atoms with Gasteiger partial charge in [0.1, 0.15) is 36.8 Å². The van der Waals surface area contributed by atoms with Gasteiger partial charge in [-0.1, -0.05) is 0 Å². The van der Waals surface area contributed by atoms with Gasteiger partial charge in [0.25, 0.3) is 0 Å². The molecule has 0 saturated carbocycles. The van der Waals surface area contributed by atoms with E-state index in [0.717, 1.165) is 6.20 Å². The zero-order valence-corrected chi connectivity index (χ0v) is 14.6. The Bertz CT molecular complexity index is 876. The van der Waals surface area contributed by atoms with Gasteiger partial charge in [-0.05, 0) is 0 Å². The van der Waals surface area contributed by atoms with Crippen molar-refractivity contribution in [1.29, 1.82) is 5.26 Å². The number of aliphatic hydroxyl groups excluding tert-OH is 2. The van der Waals surface area contributed by atoms with Crippen molar-refractivity contribution in [1.82, 2.24) is 19.9 Å². The van der Waals surface area contributed by atoms with E-state index in [9.17, 15) is 23.4 Å². The predicted molar refractivity (Wildman–Crippen MR) is 88.4 cm³/mol. The average Bonchev–Trinajstić information content (AvgIpc) is 2.71. The molecule has 1 saturated heterocycles. The smallest absolute Gasteiger partial charge is 0.434 e. The molecule has 3 rings (SSSR count). The van der Waals surface area contributed by atoms with E-state index in [1.807, 2.05) is 0 Å². The van der Waals surface area contributed by atoms with Crippen LogP contribution >= 0.6 is 0 Å². The topological polar surface area (TPSA) is 146 Å². The number of nitrogens with zero attached hydrogens (tertiary/aromatic N) is 5. The summed E-state index contributed by atoms with van der Waals surface area (Å²) in [4.78, 5) is 14.3. The fourth-order valence-corrected chi connectivity index (χ4v) is 2.54. The SMILES string of the molecule is N#Cc1ncc(OC[C@H]2OC[C@H](Nc3cncc(C(F)(F)F)n3)[C@@H](O)[C@H]2O)cn1. The number of aromatic nitrogens is 4. The number of aliphatic hydroxyl groups is 2. The van der Waals surface area contributed by atoms with Gasteiger partial charge in [-0.2, -0.15) is 18.4 Å². The number of hydrogen-bond acceptors (Lipinski definition) is 10. The third-order valence-corrected chi connectivity index (χ3v) is 4.03. The van der Waals surface area contributed by atoms with E-state index in [0.29, 0.717) is 6.20 Å². The Labute approximate surface area is 162 Å². The predicted octanol–water partition coefficient (Wildman–Crippen LogP) is 0.137. The van der Waals surface area contributed by atoms with Crippen molar-refractivity contribution < 1.29 is 32.9 Å². The van der Waals surface area contributed by atoms with Crippen LogP contribution in [-0.4, -0.2) is 67.7 Å². The normalized spacial score (nSPS) is 24.6. The molecule has 2 aromatic heterocycles. The quantitative estimate of drug-likeness (QED) is 0.619. The van der Waals surface area contributed by atoms with Gasteiger partial charge in [0.2, 0.25) is 5.82 Å². The van der Waals surface area contributed by atoms with Gasteiger partial charge in [0, 0.05) is 0 Å². The van der Waals surface area contributed by atoms with Crippen LogP contribution in [-0.2, 0) is 10.9 Å². The van der Waals surface area contributed by atoms with Crippen molar-refractivity contribution >= 4 is 5.82 Å². The van der Waals surface area contributed by atoms with Gasteiger partial charge in [-0.15, -0.1) is 0 Å². The first-order valence-corrected chi connectivity index (χ1v) is 8.26. The highest BCUT2D eigenvalue weighted by Crippen LogP contribution is 2.28. The van der Waals surface area contributed by atoms with Gasteiger partial charge >= 0.3 is 6.18 Å². The third-order valence-electron chi connectivity index (χ3n) is 4.03. The summed E-state index contributed by atoms with van der Waals surface area (Å²) in [5, 5.41) is 31.8. The fraction of sp³-hybridized carbons (Fsp3) is 0.438. The lowest BCUT2D eigenvalue weighted by atomic mass is 9.98. The van der Waals surface area contributed by atoms with Crippen LogP contribution in [0.15, 0.2) is 24.8 Å². The molecule has 2 aromatic rings. The number of nitrogens with one attached hydrogen (secondary N) is 1. The van der Waals surface area contributed by atoms with Crippen molar-refractivity contribution in [2.45, 2.75) is 30.5 Å².